The Hall–Kier alpha value is -2.51. The molecule has 4 rings (SSSR count). The van der Waals surface area contributed by atoms with Crippen LogP contribution in [-0.4, -0.2) is 46.9 Å². The zero-order chi connectivity index (χ0) is 20.5. The summed E-state index contributed by atoms with van der Waals surface area (Å²) in [6, 6.07) is 9.65. The number of pyridine rings is 1. The second-order valence-electron chi connectivity index (χ2n) is 8.53. The number of benzene rings is 1. The third-order valence-corrected chi connectivity index (χ3v) is 6.17. The molecule has 2 amide bonds. The number of hydrogen-bond donors (Lipinski definition) is 3. The Kier molecular flexibility index (Phi) is 5.52. The molecule has 2 aliphatic rings. The summed E-state index contributed by atoms with van der Waals surface area (Å²) in [6.45, 7) is 5.61. The summed E-state index contributed by atoms with van der Waals surface area (Å²) in [6.07, 6.45) is 2.57. The first kappa shape index (κ1) is 19.8. The van der Waals surface area contributed by atoms with Crippen LogP contribution in [0.1, 0.15) is 55.1 Å². The highest BCUT2D eigenvalue weighted by Gasteiger charge is 2.36. The van der Waals surface area contributed by atoms with Crippen molar-refractivity contribution in [1.82, 2.24) is 20.7 Å². The first-order chi connectivity index (χ1) is 13.9. The van der Waals surface area contributed by atoms with Crippen molar-refractivity contribution in [2.45, 2.75) is 51.1 Å². The molecule has 1 aromatic carbocycles. The van der Waals surface area contributed by atoms with E-state index in [9.17, 15) is 9.59 Å². The molecule has 4 N–H and O–H groups in total. The van der Waals surface area contributed by atoms with Crippen molar-refractivity contribution in [3.8, 4) is 0 Å². The van der Waals surface area contributed by atoms with Gasteiger partial charge >= 0.3 is 0 Å². The largest absolute Gasteiger partial charge is 0.366 e. The third kappa shape index (κ3) is 3.97. The summed E-state index contributed by atoms with van der Waals surface area (Å²) in [5, 5.41) is 0.898. The second kappa shape index (κ2) is 8.08. The van der Waals surface area contributed by atoms with E-state index >= 15 is 0 Å². The fourth-order valence-electron chi connectivity index (χ4n) is 4.44. The quantitative estimate of drug-likeness (QED) is 0.734. The number of nitrogens with two attached hydrogens (primary N) is 1. The topological polar surface area (TPSA) is 100 Å². The number of carbonyl (C=O) groups is 2. The minimum absolute atomic E-state index is 0.00932. The summed E-state index contributed by atoms with van der Waals surface area (Å²) >= 11 is 0. The SMILES string of the molecule is CC(C)C1CC(C(=O)N2CCCC(c3nc4ccccc4cc3C(N)=O)C2)NN1. The number of hydrogen-bond acceptors (Lipinski definition) is 5. The van der Waals surface area contributed by atoms with Gasteiger partial charge in [0.05, 0.1) is 16.8 Å². The molecule has 0 bridgehead atoms. The lowest BCUT2D eigenvalue weighted by Crippen LogP contribution is -2.49. The number of primary amides is 1. The van der Waals surface area contributed by atoms with Crippen LogP contribution in [0.4, 0.5) is 0 Å². The van der Waals surface area contributed by atoms with Crippen LogP contribution < -0.4 is 16.6 Å². The monoisotopic (exact) mass is 395 g/mol. The average Bonchev–Trinajstić information content (AvgIpc) is 3.23. The van der Waals surface area contributed by atoms with Gasteiger partial charge in [-0.05, 0) is 37.3 Å². The zero-order valence-electron chi connectivity index (χ0n) is 17.0. The number of likely N-dealkylation sites (tertiary alicyclic amines) is 1. The summed E-state index contributed by atoms with van der Waals surface area (Å²) in [4.78, 5) is 31.9. The Bertz CT molecular complexity index is 929. The van der Waals surface area contributed by atoms with Crippen LogP contribution >= 0.6 is 0 Å². The molecular weight excluding hydrogens is 366 g/mol. The molecule has 1 aromatic heterocycles. The van der Waals surface area contributed by atoms with E-state index in [2.05, 4.69) is 24.7 Å². The van der Waals surface area contributed by atoms with Crippen molar-refractivity contribution in [2.24, 2.45) is 11.7 Å². The summed E-state index contributed by atoms with van der Waals surface area (Å²) < 4.78 is 0. The van der Waals surface area contributed by atoms with E-state index in [0.29, 0.717) is 29.8 Å². The number of rotatable bonds is 4. The highest BCUT2D eigenvalue weighted by atomic mass is 16.2. The molecule has 29 heavy (non-hydrogen) atoms. The second-order valence-corrected chi connectivity index (χ2v) is 8.53. The Morgan fingerprint density at radius 3 is 2.76 bits per heavy atom. The van der Waals surface area contributed by atoms with E-state index in [1.807, 2.05) is 35.2 Å². The van der Waals surface area contributed by atoms with Gasteiger partial charge in [-0.3, -0.25) is 20.0 Å². The molecule has 2 saturated heterocycles. The number of aromatic nitrogens is 1. The normalized spacial score (nSPS) is 24.9. The van der Waals surface area contributed by atoms with Crippen LogP contribution in [0.3, 0.4) is 0 Å². The Morgan fingerprint density at radius 1 is 1.24 bits per heavy atom. The number of hydrazine groups is 1. The lowest BCUT2D eigenvalue weighted by Gasteiger charge is -2.34. The Labute approximate surface area is 171 Å². The first-order valence-electron chi connectivity index (χ1n) is 10.4. The number of amides is 2. The molecule has 3 unspecified atom stereocenters. The van der Waals surface area contributed by atoms with E-state index in [-0.39, 0.29) is 17.9 Å². The number of piperidine rings is 1. The summed E-state index contributed by atoms with van der Waals surface area (Å²) in [5.41, 5.74) is 14.1. The van der Waals surface area contributed by atoms with E-state index in [0.717, 1.165) is 36.7 Å². The van der Waals surface area contributed by atoms with Crippen molar-refractivity contribution in [3.63, 3.8) is 0 Å². The maximum atomic E-state index is 13.1. The number of para-hydroxylation sites is 1. The van der Waals surface area contributed by atoms with Crippen LogP contribution in [0, 0.1) is 5.92 Å². The number of nitrogens with one attached hydrogen (secondary N) is 2. The number of nitrogens with zero attached hydrogens (tertiary/aromatic N) is 2. The van der Waals surface area contributed by atoms with Gasteiger partial charge in [-0.15, -0.1) is 0 Å². The van der Waals surface area contributed by atoms with Gasteiger partial charge in [-0.1, -0.05) is 32.0 Å². The fourth-order valence-corrected chi connectivity index (χ4v) is 4.44. The van der Waals surface area contributed by atoms with Crippen molar-refractivity contribution in [1.29, 1.82) is 0 Å². The highest BCUT2D eigenvalue weighted by Crippen LogP contribution is 2.31. The third-order valence-electron chi connectivity index (χ3n) is 6.17. The zero-order valence-corrected chi connectivity index (χ0v) is 17.0. The molecule has 7 nitrogen and oxygen atoms in total. The van der Waals surface area contributed by atoms with E-state index in [1.165, 1.54) is 0 Å². The Morgan fingerprint density at radius 2 is 2.03 bits per heavy atom. The molecule has 0 saturated carbocycles. The van der Waals surface area contributed by atoms with Gasteiger partial charge in [0, 0.05) is 30.4 Å². The van der Waals surface area contributed by atoms with Gasteiger partial charge in [0.25, 0.3) is 5.91 Å². The van der Waals surface area contributed by atoms with Crippen molar-refractivity contribution < 1.29 is 9.59 Å². The predicted octanol–water partition coefficient (Wildman–Crippen LogP) is 1.93. The number of fused-ring (bicyclic) bond motifs is 1. The first-order valence-corrected chi connectivity index (χ1v) is 10.4. The van der Waals surface area contributed by atoms with Gasteiger partial charge < -0.3 is 10.6 Å². The lowest BCUT2D eigenvalue weighted by atomic mass is 9.90. The minimum Gasteiger partial charge on any atom is -0.366 e. The van der Waals surface area contributed by atoms with Gasteiger partial charge in [0.15, 0.2) is 0 Å². The predicted molar refractivity (Wildman–Crippen MR) is 112 cm³/mol. The van der Waals surface area contributed by atoms with Crippen molar-refractivity contribution in [3.05, 3.63) is 41.6 Å². The molecule has 2 aromatic rings. The van der Waals surface area contributed by atoms with Crippen LogP contribution in [0.25, 0.3) is 10.9 Å². The lowest BCUT2D eigenvalue weighted by molar-refractivity contribution is -0.134. The number of carbonyl (C=O) groups excluding carboxylic acids is 2. The van der Waals surface area contributed by atoms with Crippen molar-refractivity contribution >= 4 is 22.7 Å². The van der Waals surface area contributed by atoms with Crippen LogP contribution in [0.2, 0.25) is 0 Å². The van der Waals surface area contributed by atoms with E-state index in [4.69, 9.17) is 10.7 Å². The summed E-state index contributed by atoms with van der Waals surface area (Å²) in [7, 11) is 0. The Balaban J connectivity index is 1.56. The molecular formula is C22H29N5O2. The maximum Gasteiger partial charge on any atom is 0.250 e. The van der Waals surface area contributed by atoms with Crippen molar-refractivity contribution in [2.75, 3.05) is 13.1 Å². The van der Waals surface area contributed by atoms with Crippen LogP contribution in [0.15, 0.2) is 30.3 Å². The highest BCUT2D eigenvalue weighted by molar-refractivity contribution is 5.97. The molecule has 7 heteroatoms. The fraction of sp³-hybridized carbons (Fsp3) is 0.500. The molecule has 2 fully saturated rings. The maximum absolute atomic E-state index is 13.1. The van der Waals surface area contributed by atoms with Gasteiger partial charge in [-0.2, -0.15) is 0 Å². The smallest absolute Gasteiger partial charge is 0.250 e. The van der Waals surface area contributed by atoms with E-state index < -0.39 is 5.91 Å². The minimum atomic E-state index is -0.469. The van der Waals surface area contributed by atoms with Crippen LogP contribution in [0.5, 0.6) is 0 Å². The molecule has 154 valence electrons. The molecule has 3 atom stereocenters. The standard InChI is InChI=1S/C22H29N5O2/c1-13(2)18-11-19(26-25-18)22(29)27-9-5-7-15(12-27)20-16(21(23)28)10-14-6-3-4-8-17(14)24-20/h3-4,6,8,10,13,15,18-19,25-26H,5,7,9,11-12H2,1-2H3,(H2,23,28). The van der Waals surface area contributed by atoms with Gasteiger partial charge in [-0.25, -0.2) is 5.43 Å². The average molecular weight is 396 g/mol. The van der Waals surface area contributed by atoms with Crippen LogP contribution in [-0.2, 0) is 4.79 Å². The molecule has 0 radical (unpaired) electrons. The summed E-state index contributed by atoms with van der Waals surface area (Å²) in [5.74, 6) is 0.124. The molecule has 3 heterocycles. The van der Waals surface area contributed by atoms with Gasteiger partial charge in [0.1, 0.15) is 6.04 Å². The van der Waals surface area contributed by atoms with Gasteiger partial charge in [0.2, 0.25) is 5.91 Å². The van der Waals surface area contributed by atoms with E-state index in [1.54, 1.807) is 0 Å². The molecule has 0 spiro atoms. The molecule has 0 aliphatic carbocycles. The molecule has 2 aliphatic heterocycles.